The first-order chi connectivity index (χ1) is 10.4. The third-order valence-corrected chi connectivity index (χ3v) is 3.67. The van der Waals surface area contributed by atoms with Crippen molar-refractivity contribution in [1.29, 1.82) is 0 Å². The van der Waals surface area contributed by atoms with Gasteiger partial charge in [-0.15, -0.1) is 0 Å². The molecular formula is C14H12F3N3O2. The summed E-state index contributed by atoms with van der Waals surface area (Å²) in [6, 6.07) is 5.71. The number of hydrogen-bond acceptors (Lipinski definition) is 3. The average Bonchev–Trinajstić information content (AvgIpc) is 2.79. The molecule has 0 spiro atoms. The van der Waals surface area contributed by atoms with Crippen LogP contribution in [-0.2, 0) is 4.79 Å². The highest BCUT2D eigenvalue weighted by atomic mass is 19.4. The summed E-state index contributed by atoms with van der Waals surface area (Å²) < 4.78 is 38.4. The summed E-state index contributed by atoms with van der Waals surface area (Å²) in [5.74, 6) is -0.698. The lowest BCUT2D eigenvalue weighted by molar-refractivity contribution is -0.158. The molecule has 1 aromatic heterocycles. The van der Waals surface area contributed by atoms with Crippen molar-refractivity contribution in [2.45, 2.75) is 18.6 Å². The summed E-state index contributed by atoms with van der Waals surface area (Å²) in [7, 11) is 0. The fourth-order valence-corrected chi connectivity index (χ4v) is 2.66. The summed E-state index contributed by atoms with van der Waals surface area (Å²) in [6.07, 6.45) is -3.06. The highest BCUT2D eigenvalue weighted by Crippen LogP contribution is 2.26. The molecule has 0 radical (unpaired) electrons. The Balaban J connectivity index is 1.94. The zero-order valence-electron chi connectivity index (χ0n) is 11.4. The van der Waals surface area contributed by atoms with E-state index in [1.807, 2.05) is 0 Å². The highest BCUT2D eigenvalue weighted by molar-refractivity contribution is 5.83. The Morgan fingerprint density at radius 1 is 1.23 bits per heavy atom. The maximum absolute atomic E-state index is 12.4. The predicted molar refractivity (Wildman–Crippen MR) is 72.3 cm³/mol. The smallest absolute Gasteiger partial charge is 0.332 e. The molecule has 1 aromatic carbocycles. The number of rotatable bonds is 2. The summed E-state index contributed by atoms with van der Waals surface area (Å²) >= 11 is 0. The van der Waals surface area contributed by atoms with Crippen molar-refractivity contribution in [1.82, 2.24) is 14.5 Å². The number of nitrogens with zero attached hydrogens (tertiary/aromatic N) is 3. The molecule has 5 nitrogen and oxygen atoms in total. The second-order valence-electron chi connectivity index (χ2n) is 5.15. The summed E-state index contributed by atoms with van der Waals surface area (Å²) in [5.41, 5.74) is 0.0687. The molecule has 1 amide bonds. The van der Waals surface area contributed by atoms with E-state index in [2.05, 4.69) is 4.98 Å². The number of carbonyl (C=O) groups is 1. The standard InChI is InChI=1S/C14H12F3N3O2/c15-14(16,17)7-19-6-5-11(13(19)22)20-8-18-10-4-2-1-3-9(10)12(20)21/h1-4,8,11H,5-7H2. The van der Waals surface area contributed by atoms with Gasteiger partial charge in [0, 0.05) is 6.54 Å². The fourth-order valence-electron chi connectivity index (χ4n) is 2.66. The first-order valence-corrected chi connectivity index (χ1v) is 6.68. The van der Waals surface area contributed by atoms with Crippen LogP contribution in [0.25, 0.3) is 10.9 Å². The molecule has 1 unspecified atom stereocenters. The summed E-state index contributed by atoms with van der Waals surface area (Å²) in [4.78, 5) is 29.3. The Morgan fingerprint density at radius 2 is 1.95 bits per heavy atom. The highest BCUT2D eigenvalue weighted by Gasteiger charge is 2.40. The van der Waals surface area contributed by atoms with Crippen molar-refractivity contribution in [3.05, 3.63) is 40.9 Å². The molecule has 1 aliphatic heterocycles. The van der Waals surface area contributed by atoms with E-state index in [1.54, 1.807) is 24.3 Å². The number of alkyl halides is 3. The molecule has 2 heterocycles. The van der Waals surface area contributed by atoms with E-state index >= 15 is 0 Å². The average molecular weight is 311 g/mol. The maximum Gasteiger partial charge on any atom is 0.406 e. The van der Waals surface area contributed by atoms with Crippen molar-refractivity contribution in [2.75, 3.05) is 13.1 Å². The summed E-state index contributed by atoms with van der Waals surface area (Å²) in [5, 5.41) is 0.340. The molecular weight excluding hydrogens is 299 g/mol. The van der Waals surface area contributed by atoms with Gasteiger partial charge in [-0.3, -0.25) is 14.2 Å². The Kier molecular flexibility index (Phi) is 3.38. The van der Waals surface area contributed by atoms with Gasteiger partial charge in [0.1, 0.15) is 12.6 Å². The van der Waals surface area contributed by atoms with Gasteiger partial charge >= 0.3 is 6.18 Å². The monoisotopic (exact) mass is 311 g/mol. The molecule has 22 heavy (non-hydrogen) atoms. The Morgan fingerprint density at radius 3 is 2.68 bits per heavy atom. The van der Waals surface area contributed by atoms with Crippen molar-refractivity contribution in [3.63, 3.8) is 0 Å². The van der Waals surface area contributed by atoms with Crippen LogP contribution in [0.4, 0.5) is 13.2 Å². The van der Waals surface area contributed by atoms with Gasteiger partial charge in [-0.25, -0.2) is 4.98 Å². The molecule has 1 saturated heterocycles. The Labute approximate surface area is 123 Å². The molecule has 1 atom stereocenters. The molecule has 3 rings (SSSR count). The molecule has 116 valence electrons. The van der Waals surface area contributed by atoms with E-state index in [1.165, 1.54) is 6.33 Å². The number of carbonyl (C=O) groups excluding carboxylic acids is 1. The minimum absolute atomic E-state index is 0.0255. The van der Waals surface area contributed by atoms with Crippen LogP contribution in [0.3, 0.4) is 0 Å². The van der Waals surface area contributed by atoms with Crippen LogP contribution >= 0.6 is 0 Å². The predicted octanol–water partition coefficient (Wildman–Crippen LogP) is 1.73. The Bertz CT molecular complexity index is 785. The molecule has 0 saturated carbocycles. The number of likely N-dealkylation sites (tertiary alicyclic amines) is 1. The van der Waals surface area contributed by atoms with Crippen molar-refractivity contribution in [3.8, 4) is 0 Å². The molecule has 0 bridgehead atoms. The number of amides is 1. The maximum atomic E-state index is 12.4. The van der Waals surface area contributed by atoms with Gasteiger partial charge in [-0.05, 0) is 18.6 Å². The number of halogens is 3. The Hall–Kier alpha value is -2.38. The van der Waals surface area contributed by atoms with Gasteiger partial charge in [0.15, 0.2) is 0 Å². The normalized spacial score (nSPS) is 19.1. The molecule has 1 aliphatic rings. The largest absolute Gasteiger partial charge is 0.406 e. The van der Waals surface area contributed by atoms with Crippen LogP contribution in [0.2, 0.25) is 0 Å². The second kappa shape index (κ2) is 5.11. The lowest BCUT2D eigenvalue weighted by Gasteiger charge is -2.19. The van der Waals surface area contributed by atoms with Crippen LogP contribution in [0, 0.1) is 0 Å². The van der Waals surface area contributed by atoms with E-state index in [-0.39, 0.29) is 13.0 Å². The van der Waals surface area contributed by atoms with Crippen LogP contribution in [0.1, 0.15) is 12.5 Å². The van der Waals surface area contributed by atoms with E-state index in [0.29, 0.717) is 10.9 Å². The first-order valence-electron chi connectivity index (χ1n) is 6.68. The quantitative estimate of drug-likeness (QED) is 0.849. The van der Waals surface area contributed by atoms with Crippen LogP contribution in [0.15, 0.2) is 35.4 Å². The zero-order chi connectivity index (χ0) is 15.9. The van der Waals surface area contributed by atoms with E-state index in [9.17, 15) is 22.8 Å². The minimum Gasteiger partial charge on any atom is -0.332 e. The molecule has 2 aromatic rings. The van der Waals surface area contributed by atoms with Gasteiger partial charge in [-0.2, -0.15) is 13.2 Å². The van der Waals surface area contributed by atoms with Gasteiger partial charge in [0.25, 0.3) is 5.56 Å². The van der Waals surface area contributed by atoms with E-state index in [0.717, 1.165) is 9.47 Å². The van der Waals surface area contributed by atoms with Crippen molar-refractivity contribution >= 4 is 16.8 Å². The molecule has 1 fully saturated rings. The number of fused-ring (bicyclic) bond motifs is 1. The first kappa shape index (κ1) is 14.6. The lowest BCUT2D eigenvalue weighted by atomic mass is 10.2. The van der Waals surface area contributed by atoms with Crippen molar-refractivity contribution in [2.24, 2.45) is 0 Å². The topological polar surface area (TPSA) is 55.2 Å². The minimum atomic E-state index is -4.45. The molecule has 0 N–H and O–H groups in total. The van der Waals surface area contributed by atoms with Crippen LogP contribution in [-0.4, -0.2) is 39.6 Å². The lowest BCUT2D eigenvalue weighted by Crippen LogP contribution is -2.38. The van der Waals surface area contributed by atoms with Crippen LogP contribution in [0.5, 0.6) is 0 Å². The third-order valence-electron chi connectivity index (χ3n) is 3.67. The van der Waals surface area contributed by atoms with E-state index < -0.39 is 30.2 Å². The SMILES string of the molecule is O=C1C(n2cnc3ccccc3c2=O)CCN1CC(F)(F)F. The second-order valence-corrected chi connectivity index (χ2v) is 5.15. The van der Waals surface area contributed by atoms with Gasteiger partial charge < -0.3 is 4.90 Å². The summed E-state index contributed by atoms with van der Waals surface area (Å²) in [6.45, 7) is -1.32. The molecule has 0 aliphatic carbocycles. The fraction of sp³-hybridized carbons (Fsp3) is 0.357. The molecule has 8 heteroatoms. The van der Waals surface area contributed by atoms with Gasteiger partial charge in [0.05, 0.1) is 17.2 Å². The van der Waals surface area contributed by atoms with Gasteiger partial charge in [0.2, 0.25) is 5.91 Å². The van der Waals surface area contributed by atoms with Crippen molar-refractivity contribution < 1.29 is 18.0 Å². The third kappa shape index (κ3) is 2.56. The van der Waals surface area contributed by atoms with Crippen LogP contribution < -0.4 is 5.56 Å². The van der Waals surface area contributed by atoms with E-state index in [4.69, 9.17) is 0 Å². The number of benzene rings is 1. The zero-order valence-corrected chi connectivity index (χ0v) is 11.4. The van der Waals surface area contributed by atoms with Gasteiger partial charge in [-0.1, -0.05) is 12.1 Å². The number of aromatic nitrogens is 2. The number of para-hydroxylation sites is 1. The number of hydrogen-bond donors (Lipinski definition) is 0.